The Morgan fingerprint density at radius 1 is 1.10 bits per heavy atom. The van der Waals surface area contributed by atoms with Crippen molar-refractivity contribution in [2.24, 2.45) is 0 Å². The Kier molecular flexibility index (Phi) is 5.10. The third-order valence-electron chi connectivity index (χ3n) is 4.84. The molecule has 3 aromatic rings. The second kappa shape index (κ2) is 7.73. The van der Waals surface area contributed by atoms with Gasteiger partial charge in [-0.2, -0.15) is 0 Å². The van der Waals surface area contributed by atoms with Gasteiger partial charge in [0.2, 0.25) is 5.91 Å². The first-order valence-electron chi connectivity index (χ1n) is 9.18. The van der Waals surface area contributed by atoms with E-state index in [-0.39, 0.29) is 16.5 Å². The summed E-state index contributed by atoms with van der Waals surface area (Å²) in [6.45, 7) is 1.98. The van der Waals surface area contributed by atoms with Crippen molar-refractivity contribution in [3.05, 3.63) is 72.3 Å². The van der Waals surface area contributed by atoms with E-state index in [0.29, 0.717) is 18.7 Å². The van der Waals surface area contributed by atoms with Crippen molar-refractivity contribution < 1.29 is 18.0 Å². The average molecular weight is 425 g/mol. The largest absolute Gasteiger partial charge is 0.312 e. The van der Waals surface area contributed by atoms with E-state index >= 15 is 0 Å². The number of aromatic nitrogens is 2. The van der Waals surface area contributed by atoms with Gasteiger partial charge in [0, 0.05) is 24.8 Å². The van der Waals surface area contributed by atoms with Gasteiger partial charge in [-0.3, -0.25) is 19.6 Å². The summed E-state index contributed by atoms with van der Waals surface area (Å²) in [6, 6.07) is 13.6. The van der Waals surface area contributed by atoms with Crippen LogP contribution in [0, 0.1) is 0 Å². The number of hydrogen-bond donors (Lipinski definition) is 2. The minimum atomic E-state index is -4.00. The lowest BCUT2D eigenvalue weighted by Gasteiger charge is -2.15. The van der Waals surface area contributed by atoms with Crippen LogP contribution < -0.4 is 15.2 Å². The van der Waals surface area contributed by atoms with E-state index in [1.54, 1.807) is 27.7 Å². The second-order valence-electron chi connectivity index (χ2n) is 6.76. The lowest BCUT2D eigenvalue weighted by atomic mass is 10.2. The molecule has 2 heterocycles. The Labute approximate surface area is 173 Å². The molecule has 0 radical (unpaired) electrons. The summed E-state index contributed by atoms with van der Waals surface area (Å²) < 4.78 is 26.8. The topological polar surface area (TPSA) is 113 Å². The lowest BCUT2D eigenvalue weighted by molar-refractivity contribution is -0.116. The van der Waals surface area contributed by atoms with Crippen LogP contribution in [0.1, 0.15) is 23.0 Å². The molecule has 10 heteroatoms. The van der Waals surface area contributed by atoms with Gasteiger partial charge in [0.15, 0.2) is 0 Å². The minimum absolute atomic E-state index is 0.00326. The highest BCUT2D eigenvalue weighted by molar-refractivity contribution is 7.89. The molecule has 1 aromatic heterocycles. The maximum atomic E-state index is 12.6. The van der Waals surface area contributed by atoms with Gasteiger partial charge in [-0.25, -0.2) is 13.4 Å². The fourth-order valence-corrected chi connectivity index (χ4v) is 4.26. The Morgan fingerprint density at radius 2 is 1.87 bits per heavy atom. The predicted molar refractivity (Wildman–Crippen MR) is 110 cm³/mol. The van der Waals surface area contributed by atoms with Crippen LogP contribution in [0.2, 0.25) is 0 Å². The molecule has 0 bridgehead atoms. The third-order valence-corrected chi connectivity index (χ3v) is 6.09. The van der Waals surface area contributed by atoms with Crippen molar-refractivity contribution in [3.8, 4) is 5.69 Å². The molecule has 30 heavy (non-hydrogen) atoms. The lowest BCUT2D eigenvalue weighted by Crippen LogP contribution is -2.42. The predicted octanol–water partition coefficient (Wildman–Crippen LogP) is 1.40. The van der Waals surface area contributed by atoms with Crippen molar-refractivity contribution in [3.63, 3.8) is 0 Å². The molecule has 0 aliphatic carbocycles. The number of rotatable bonds is 5. The Morgan fingerprint density at radius 3 is 2.60 bits per heavy atom. The van der Waals surface area contributed by atoms with E-state index in [1.807, 2.05) is 18.2 Å². The molecule has 0 atom stereocenters. The van der Waals surface area contributed by atoms with E-state index in [4.69, 9.17) is 0 Å². The van der Waals surface area contributed by atoms with Crippen LogP contribution in [0.4, 0.5) is 5.69 Å². The maximum absolute atomic E-state index is 12.6. The van der Waals surface area contributed by atoms with Gasteiger partial charge in [-0.15, -0.1) is 4.83 Å². The SMILES string of the molecule is CC(=O)N1CCc2cc(S(=O)(=O)NNC(=O)c3cncn3-c3ccccc3)ccc21. The van der Waals surface area contributed by atoms with Crippen LogP contribution >= 0.6 is 0 Å². The van der Waals surface area contributed by atoms with Gasteiger partial charge < -0.3 is 4.90 Å². The van der Waals surface area contributed by atoms with Gasteiger partial charge >= 0.3 is 0 Å². The number of carbonyl (C=O) groups is 2. The number of para-hydroxylation sites is 1. The summed E-state index contributed by atoms with van der Waals surface area (Å²) in [4.78, 5) is 31.9. The molecule has 0 fully saturated rings. The van der Waals surface area contributed by atoms with Crippen LogP contribution in [0.25, 0.3) is 5.69 Å². The molecule has 9 nitrogen and oxygen atoms in total. The van der Waals surface area contributed by atoms with Gasteiger partial charge in [0.1, 0.15) is 5.69 Å². The fraction of sp³-hybridized carbons (Fsp3) is 0.150. The molecule has 2 N–H and O–H groups in total. The van der Waals surface area contributed by atoms with Crippen molar-refractivity contribution in [2.45, 2.75) is 18.2 Å². The number of benzene rings is 2. The fourth-order valence-electron chi connectivity index (χ4n) is 3.37. The smallest absolute Gasteiger partial charge is 0.284 e. The van der Waals surface area contributed by atoms with Crippen molar-refractivity contribution in [1.29, 1.82) is 0 Å². The standard InChI is InChI=1S/C20H19N5O4S/c1-14(26)24-10-9-15-11-17(7-8-18(15)24)30(28,29)23-22-20(27)19-12-21-13-25(19)16-5-3-2-4-6-16/h2-8,11-13,23H,9-10H2,1H3,(H,22,27). The molecule has 0 saturated heterocycles. The van der Waals surface area contributed by atoms with Crippen LogP contribution in [-0.4, -0.2) is 36.3 Å². The first-order chi connectivity index (χ1) is 14.4. The van der Waals surface area contributed by atoms with Crippen molar-refractivity contribution >= 4 is 27.5 Å². The quantitative estimate of drug-likeness (QED) is 0.600. The van der Waals surface area contributed by atoms with Crippen molar-refractivity contribution in [1.82, 2.24) is 19.8 Å². The van der Waals surface area contributed by atoms with E-state index in [1.165, 1.54) is 31.6 Å². The highest BCUT2D eigenvalue weighted by atomic mass is 32.2. The summed E-state index contributed by atoms with van der Waals surface area (Å²) in [5.41, 5.74) is 4.59. The molecular weight excluding hydrogens is 406 g/mol. The highest BCUT2D eigenvalue weighted by Crippen LogP contribution is 2.30. The van der Waals surface area contributed by atoms with Crippen molar-refractivity contribution in [2.75, 3.05) is 11.4 Å². The summed E-state index contributed by atoms with van der Waals surface area (Å²) in [6.07, 6.45) is 3.39. The Balaban J connectivity index is 1.50. The number of fused-ring (bicyclic) bond motifs is 1. The van der Waals surface area contributed by atoms with Crippen LogP contribution in [0.3, 0.4) is 0 Å². The first kappa shape index (κ1) is 19.8. The second-order valence-corrected chi connectivity index (χ2v) is 8.44. The molecule has 154 valence electrons. The molecule has 0 spiro atoms. The monoisotopic (exact) mass is 425 g/mol. The zero-order valence-electron chi connectivity index (χ0n) is 16.1. The molecule has 1 aliphatic rings. The molecule has 1 aliphatic heterocycles. The summed E-state index contributed by atoms with van der Waals surface area (Å²) in [5, 5.41) is 0. The Hall–Kier alpha value is -3.50. The van der Waals surface area contributed by atoms with Crippen LogP contribution in [-0.2, 0) is 21.2 Å². The summed E-state index contributed by atoms with van der Waals surface area (Å²) >= 11 is 0. The van der Waals surface area contributed by atoms with E-state index in [0.717, 1.165) is 11.3 Å². The number of nitrogens with one attached hydrogen (secondary N) is 2. The van der Waals surface area contributed by atoms with Gasteiger partial charge in [0.05, 0.1) is 17.4 Å². The van der Waals surface area contributed by atoms with Crippen LogP contribution in [0.5, 0.6) is 0 Å². The number of anilines is 1. The van der Waals surface area contributed by atoms with Crippen LogP contribution in [0.15, 0.2) is 66.0 Å². The summed E-state index contributed by atoms with van der Waals surface area (Å²) in [7, 11) is -4.00. The van der Waals surface area contributed by atoms with E-state index < -0.39 is 15.9 Å². The molecule has 2 aromatic carbocycles. The normalized spacial score (nSPS) is 13.2. The number of hydrogen-bond acceptors (Lipinski definition) is 5. The average Bonchev–Trinajstić information content (AvgIpc) is 3.39. The highest BCUT2D eigenvalue weighted by Gasteiger charge is 2.25. The van der Waals surface area contributed by atoms with Gasteiger partial charge in [-0.1, -0.05) is 18.2 Å². The zero-order chi connectivity index (χ0) is 21.3. The molecule has 0 saturated carbocycles. The maximum Gasteiger partial charge on any atom is 0.284 e. The number of amides is 2. The molecule has 4 rings (SSSR count). The Bertz CT molecular complexity index is 1220. The molecule has 0 unspecified atom stereocenters. The molecular formula is C20H19N5O4S. The third kappa shape index (κ3) is 3.70. The number of carbonyl (C=O) groups excluding carboxylic acids is 2. The number of sulfonamides is 1. The number of nitrogens with zero attached hydrogens (tertiary/aromatic N) is 3. The van der Waals surface area contributed by atoms with Gasteiger partial charge in [0.25, 0.3) is 15.9 Å². The molecule has 2 amide bonds. The van der Waals surface area contributed by atoms with E-state index in [2.05, 4.69) is 15.2 Å². The van der Waals surface area contributed by atoms with E-state index in [9.17, 15) is 18.0 Å². The summed E-state index contributed by atoms with van der Waals surface area (Å²) in [5.74, 6) is -0.742. The minimum Gasteiger partial charge on any atom is -0.312 e. The number of imidazole rings is 1. The first-order valence-corrected chi connectivity index (χ1v) is 10.7. The van der Waals surface area contributed by atoms with Gasteiger partial charge in [-0.05, 0) is 42.3 Å². The zero-order valence-corrected chi connectivity index (χ0v) is 16.9. The number of hydrazine groups is 1.